The zero-order valence-corrected chi connectivity index (χ0v) is 10.8. The van der Waals surface area contributed by atoms with Crippen LogP contribution in [0.4, 0.5) is 8.78 Å². The third-order valence-corrected chi connectivity index (χ3v) is 3.92. The molecule has 3 heteroatoms. The maximum absolute atomic E-state index is 13.9. The number of Topliss-reactive ketones (excluding diaryl/α,β-unsaturated/α-hetero) is 1. The van der Waals surface area contributed by atoms with Crippen LogP contribution in [0.15, 0.2) is 12.1 Å². The number of hydrogen-bond acceptors (Lipinski definition) is 1. The molecule has 0 N–H and O–H groups in total. The Morgan fingerprint density at radius 2 is 1.78 bits per heavy atom. The Kier molecular flexibility index (Phi) is 3.79. The molecule has 2 rings (SSSR count). The predicted octanol–water partition coefficient (Wildman–Crippen LogP) is 4.28. The SMILES string of the molecule is Cc1ccc(F)c(C(=O)C2CCC(C)CC2)c1F. The average molecular weight is 252 g/mol. The van der Waals surface area contributed by atoms with Gasteiger partial charge in [-0.25, -0.2) is 8.78 Å². The Morgan fingerprint density at radius 1 is 1.17 bits per heavy atom. The fourth-order valence-corrected chi connectivity index (χ4v) is 2.61. The number of aryl methyl sites for hydroxylation is 1. The third-order valence-electron chi connectivity index (χ3n) is 3.92. The van der Waals surface area contributed by atoms with Crippen LogP contribution in [0, 0.1) is 30.4 Å². The lowest BCUT2D eigenvalue weighted by atomic mass is 9.79. The van der Waals surface area contributed by atoms with Crippen LogP contribution in [-0.4, -0.2) is 5.78 Å². The Morgan fingerprint density at radius 3 is 2.39 bits per heavy atom. The third kappa shape index (κ3) is 2.45. The van der Waals surface area contributed by atoms with Gasteiger partial charge in [0.15, 0.2) is 5.78 Å². The van der Waals surface area contributed by atoms with Crippen LogP contribution in [0.2, 0.25) is 0 Å². The van der Waals surface area contributed by atoms with E-state index < -0.39 is 11.6 Å². The standard InChI is InChI=1S/C15H18F2O/c1-9-3-6-11(7-4-9)15(18)13-12(16)8-5-10(2)14(13)17/h5,8-9,11H,3-4,6-7H2,1-2H3. The molecule has 1 aliphatic rings. The number of carbonyl (C=O) groups is 1. The second kappa shape index (κ2) is 5.17. The first-order chi connectivity index (χ1) is 8.50. The van der Waals surface area contributed by atoms with Crippen molar-refractivity contribution in [2.24, 2.45) is 11.8 Å². The maximum Gasteiger partial charge on any atom is 0.171 e. The average Bonchev–Trinajstić information content (AvgIpc) is 2.35. The van der Waals surface area contributed by atoms with Crippen molar-refractivity contribution in [2.75, 3.05) is 0 Å². The molecule has 0 unspecified atom stereocenters. The van der Waals surface area contributed by atoms with Gasteiger partial charge in [0.2, 0.25) is 0 Å². The molecule has 1 nitrogen and oxygen atoms in total. The molecule has 1 aromatic rings. The van der Waals surface area contributed by atoms with Gasteiger partial charge in [-0.2, -0.15) is 0 Å². The number of rotatable bonds is 2. The zero-order valence-electron chi connectivity index (χ0n) is 10.8. The molecule has 0 amide bonds. The number of hydrogen-bond donors (Lipinski definition) is 0. The van der Waals surface area contributed by atoms with Gasteiger partial charge in [0.1, 0.15) is 11.6 Å². The smallest absolute Gasteiger partial charge is 0.171 e. The molecule has 1 aliphatic carbocycles. The van der Waals surface area contributed by atoms with Crippen molar-refractivity contribution < 1.29 is 13.6 Å². The van der Waals surface area contributed by atoms with Crippen LogP contribution in [-0.2, 0) is 0 Å². The number of carbonyl (C=O) groups excluding carboxylic acids is 1. The highest BCUT2D eigenvalue weighted by molar-refractivity contribution is 5.98. The lowest BCUT2D eigenvalue weighted by Crippen LogP contribution is -2.23. The van der Waals surface area contributed by atoms with E-state index in [9.17, 15) is 13.6 Å². The predicted molar refractivity (Wildman–Crippen MR) is 66.5 cm³/mol. The van der Waals surface area contributed by atoms with E-state index in [1.54, 1.807) is 6.92 Å². The molecule has 0 aromatic heterocycles. The molecular weight excluding hydrogens is 234 g/mol. The minimum atomic E-state index is -0.735. The van der Waals surface area contributed by atoms with Crippen LogP contribution in [0.1, 0.15) is 48.5 Å². The summed E-state index contributed by atoms with van der Waals surface area (Å²) in [7, 11) is 0. The fraction of sp³-hybridized carbons (Fsp3) is 0.533. The van der Waals surface area contributed by atoms with Crippen molar-refractivity contribution >= 4 is 5.78 Å². The largest absolute Gasteiger partial charge is 0.294 e. The van der Waals surface area contributed by atoms with Crippen LogP contribution < -0.4 is 0 Å². The fourth-order valence-electron chi connectivity index (χ4n) is 2.61. The molecule has 0 atom stereocenters. The molecule has 0 spiro atoms. The molecule has 0 aliphatic heterocycles. The van der Waals surface area contributed by atoms with Crippen LogP contribution in [0.3, 0.4) is 0 Å². The second-order valence-corrected chi connectivity index (χ2v) is 5.37. The summed E-state index contributed by atoms with van der Waals surface area (Å²) < 4.78 is 27.5. The van der Waals surface area contributed by atoms with Crippen LogP contribution in [0.5, 0.6) is 0 Å². The zero-order chi connectivity index (χ0) is 13.3. The van der Waals surface area contributed by atoms with E-state index in [0.29, 0.717) is 11.5 Å². The van der Waals surface area contributed by atoms with Gasteiger partial charge in [0.05, 0.1) is 5.56 Å². The Bertz CT molecular complexity index is 460. The van der Waals surface area contributed by atoms with E-state index in [-0.39, 0.29) is 17.3 Å². The first-order valence-electron chi connectivity index (χ1n) is 6.49. The van der Waals surface area contributed by atoms with Gasteiger partial charge in [-0.15, -0.1) is 0 Å². The van der Waals surface area contributed by atoms with E-state index in [2.05, 4.69) is 6.92 Å². The van der Waals surface area contributed by atoms with E-state index in [1.807, 2.05) is 0 Å². The molecule has 0 saturated heterocycles. The summed E-state index contributed by atoms with van der Waals surface area (Å²) in [6.45, 7) is 3.70. The van der Waals surface area contributed by atoms with Gasteiger partial charge in [-0.3, -0.25) is 4.79 Å². The summed E-state index contributed by atoms with van der Waals surface area (Å²) in [5, 5.41) is 0. The van der Waals surface area contributed by atoms with Crippen LogP contribution in [0.25, 0.3) is 0 Å². The molecule has 1 aromatic carbocycles. The minimum absolute atomic E-state index is 0.216. The number of ketones is 1. The molecule has 0 bridgehead atoms. The highest BCUT2D eigenvalue weighted by Crippen LogP contribution is 2.32. The Hall–Kier alpha value is -1.25. The Balaban J connectivity index is 2.26. The van der Waals surface area contributed by atoms with Crippen LogP contribution >= 0.6 is 0 Å². The van der Waals surface area contributed by atoms with Gasteiger partial charge in [0, 0.05) is 5.92 Å². The van der Waals surface area contributed by atoms with E-state index >= 15 is 0 Å². The first-order valence-corrected chi connectivity index (χ1v) is 6.49. The quantitative estimate of drug-likeness (QED) is 0.718. The van der Waals surface area contributed by atoms with Crippen molar-refractivity contribution in [1.82, 2.24) is 0 Å². The molecule has 0 radical (unpaired) electrons. The van der Waals surface area contributed by atoms with Gasteiger partial charge in [-0.05, 0) is 37.3 Å². The number of benzene rings is 1. The second-order valence-electron chi connectivity index (χ2n) is 5.37. The highest BCUT2D eigenvalue weighted by Gasteiger charge is 2.29. The molecule has 98 valence electrons. The summed E-state index contributed by atoms with van der Waals surface area (Å²) in [6.07, 6.45) is 3.41. The first kappa shape index (κ1) is 13.2. The Labute approximate surface area is 106 Å². The molecule has 1 saturated carbocycles. The summed E-state index contributed by atoms with van der Waals surface area (Å²) >= 11 is 0. The van der Waals surface area contributed by atoms with Crippen molar-refractivity contribution in [3.8, 4) is 0 Å². The molecule has 0 heterocycles. The van der Waals surface area contributed by atoms with Crippen molar-refractivity contribution in [3.63, 3.8) is 0 Å². The molecule has 1 fully saturated rings. The van der Waals surface area contributed by atoms with E-state index in [0.717, 1.165) is 25.7 Å². The highest BCUT2D eigenvalue weighted by atomic mass is 19.1. The topological polar surface area (TPSA) is 17.1 Å². The normalized spacial score (nSPS) is 24.0. The van der Waals surface area contributed by atoms with Crippen molar-refractivity contribution in [1.29, 1.82) is 0 Å². The molecule has 18 heavy (non-hydrogen) atoms. The van der Waals surface area contributed by atoms with Gasteiger partial charge < -0.3 is 0 Å². The maximum atomic E-state index is 13.9. The monoisotopic (exact) mass is 252 g/mol. The van der Waals surface area contributed by atoms with Gasteiger partial charge in [0.25, 0.3) is 0 Å². The summed E-state index contributed by atoms with van der Waals surface area (Å²) in [5.41, 5.74) is -0.0153. The summed E-state index contributed by atoms with van der Waals surface area (Å²) in [5.74, 6) is -1.39. The number of halogens is 2. The van der Waals surface area contributed by atoms with Gasteiger partial charge in [-0.1, -0.05) is 25.8 Å². The summed E-state index contributed by atoms with van der Waals surface area (Å²) in [4.78, 5) is 12.2. The van der Waals surface area contributed by atoms with E-state index in [1.165, 1.54) is 12.1 Å². The van der Waals surface area contributed by atoms with E-state index in [4.69, 9.17) is 0 Å². The lowest BCUT2D eigenvalue weighted by Gasteiger charge is -2.25. The minimum Gasteiger partial charge on any atom is -0.294 e. The lowest BCUT2D eigenvalue weighted by molar-refractivity contribution is 0.0866. The van der Waals surface area contributed by atoms with Crippen molar-refractivity contribution in [3.05, 3.63) is 34.9 Å². The summed E-state index contributed by atoms with van der Waals surface area (Å²) in [6, 6.07) is 2.54. The van der Waals surface area contributed by atoms with Gasteiger partial charge >= 0.3 is 0 Å². The van der Waals surface area contributed by atoms with Crippen molar-refractivity contribution in [2.45, 2.75) is 39.5 Å². The molecular formula is C15H18F2O.